The SMILES string of the molecule is [Br-].[CH2-]c1cc(F)ccc1Br.[Mg+2]. The van der Waals surface area contributed by atoms with E-state index in [-0.39, 0.29) is 45.9 Å². The average molecular weight is 292 g/mol. The van der Waals surface area contributed by atoms with Crippen molar-refractivity contribution in [1.29, 1.82) is 0 Å². The second-order valence-electron chi connectivity index (χ2n) is 1.74. The number of hydrogen-bond donors (Lipinski definition) is 0. The van der Waals surface area contributed by atoms with Gasteiger partial charge in [-0.2, -0.15) is 12.5 Å². The molecule has 0 amide bonds. The van der Waals surface area contributed by atoms with E-state index in [1.165, 1.54) is 12.1 Å². The molecule has 11 heavy (non-hydrogen) atoms. The molecule has 0 aliphatic heterocycles. The summed E-state index contributed by atoms with van der Waals surface area (Å²) >= 11 is 3.20. The van der Waals surface area contributed by atoms with Crippen LogP contribution in [0.2, 0.25) is 0 Å². The summed E-state index contributed by atoms with van der Waals surface area (Å²) in [4.78, 5) is 0. The van der Waals surface area contributed by atoms with Crippen LogP contribution in [0.25, 0.3) is 0 Å². The number of rotatable bonds is 0. The molecule has 0 atom stereocenters. The maximum atomic E-state index is 12.3. The van der Waals surface area contributed by atoms with Gasteiger partial charge in [-0.15, -0.1) is 28.1 Å². The van der Waals surface area contributed by atoms with E-state index in [1.807, 2.05) is 0 Å². The average Bonchev–Trinajstić information content (AvgIpc) is 1.80. The summed E-state index contributed by atoms with van der Waals surface area (Å²) in [6.45, 7) is 3.59. The van der Waals surface area contributed by atoms with Crippen LogP contribution in [0.1, 0.15) is 5.56 Å². The first-order valence-corrected chi connectivity index (χ1v) is 3.26. The Morgan fingerprint density at radius 3 is 2.27 bits per heavy atom. The first-order valence-electron chi connectivity index (χ1n) is 2.47. The van der Waals surface area contributed by atoms with Gasteiger partial charge in [0.25, 0.3) is 0 Å². The summed E-state index contributed by atoms with van der Waals surface area (Å²) in [6, 6.07) is 4.40. The zero-order valence-electron chi connectivity index (χ0n) is 5.78. The molecule has 0 spiro atoms. The fraction of sp³-hybridized carbons (Fsp3) is 0. The minimum absolute atomic E-state index is 0. The van der Waals surface area contributed by atoms with Crippen LogP contribution in [0.4, 0.5) is 4.39 Å². The first-order chi connectivity index (χ1) is 4.20. The van der Waals surface area contributed by atoms with Gasteiger partial charge in [0.2, 0.25) is 0 Å². The maximum Gasteiger partial charge on any atom is 2.00 e. The Morgan fingerprint density at radius 1 is 1.36 bits per heavy atom. The van der Waals surface area contributed by atoms with E-state index in [4.69, 9.17) is 0 Å². The van der Waals surface area contributed by atoms with E-state index in [9.17, 15) is 4.39 Å². The monoisotopic (exact) mass is 290 g/mol. The van der Waals surface area contributed by atoms with Crippen molar-refractivity contribution in [2.45, 2.75) is 0 Å². The smallest absolute Gasteiger partial charge is 1.00 e. The van der Waals surface area contributed by atoms with Crippen LogP contribution in [0, 0.1) is 12.7 Å². The van der Waals surface area contributed by atoms with Crippen LogP contribution in [0.3, 0.4) is 0 Å². The zero-order chi connectivity index (χ0) is 6.85. The molecule has 0 aliphatic carbocycles. The summed E-state index contributed by atoms with van der Waals surface area (Å²) in [5.74, 6) is -0.247. The van der Waals surface area contributed by atoms with Crippen molar-refractivity contribution in [1.82, 2.24) is 0 Å². The third-order valence-corrected chi connectivity index (χ3v) is 1.78. The molecule has 0 radical (unpaired) electrons. The van der Waals surface area contributed by atoms with E-state index in [0.29, 0.717) is 5.56 Å². The van der Waals surface area contributed by atoms with E-state index in [2.05, 4.69) is 22.9 Å². The minimum atomic E-state index is -0.247. The van der Waals surface area contributed by atoms with Crippen molar-refractivity contribution in [2.75, 3.05) is 0 Å². The molecule has 0 unspecified atom stereocenters. The van der Waals surface area contributed by atoms with Crippen molar-refractivity contribution >= 4 is 39.0 Å². The van der Waals surface area contributed by atoms with Gasteiger partial charge in [-0.05, 0) is 0 Å². The summed E-state index contributed by atoms with van der Waals surface area (Å²) in [6.07, 6.45) is 0. The Balaban J connectivity index is 0. The summed E-state index contributed by atoms with van der Waals surface area (Å²) < 4.78 is 13.1. The van der Waals surface area contributed by atoms with Crippen LogP contribution < -0.4 is 17.0 Å². The standard InChI is InChI=1S/C7H5BrF.BrH.Mg/c1-5-4-6(9)2-3-7(5)8;;/h2-4H,1H2;1H;/q-1;;+2/p-1. The molecule has 4 heteroatoms. The summed E-state index contributed by atoms with van der Waals surface area (Å²) in [7, 11) is 0. The van der Waals surface area contributed by atoms with Gasteiger partial charge in [0.15, 0.2) is 0 Å². The Labute approximate surface area is 101 Å². The fourth-order valence-corrected chi connectivity index (χ4v) is 0.790. The molecule has 0 bridgehead atoms. The van der Waals surface area contributed by atoms with Gasteiger partial charge in [0.05, 0.1) is 5.82 Å². The molecule has 0 saturated heterocycles. The topological polar surface area (TPSA) is 0 Å². The van der Waals surface area contributed by atoms with Gasteiger partial charge in [-0.3, -0.25) is 0 Å². The second-order valence-corrected chi connectivity index (χ2v) is 2.59. The van der Waals surface area contributed by atoms with Crippen LogP contribution in [-0.4, -0.2) is 23.1 Å². The largest absolute Gasteiger partial charge is 2.00 e. The maximum absolute atomic E-state index is 12.3. The van der Waals surface area contributed by atoms with E-state index < -0.39 is 0 Å². The molecule has 1 aromatic carbocycles. The summed E-state index contributed by atoms with van der Waals surface area (Å²) in [5.41, 5.74) is 0.676. The van der Waals surface area contributed by atoms with E-state index >= 15 is 0 Å². The van der Waals surface area contributed by atoms with E-state index in [1.54, 1.807) is 6.07 Å². The molecule has 1 aromatic rings. The quantitative estimate of drug-likeness (QED) is 0.442. The van der Waals surface area contributed by atoms with Gasteiger partial charge in [-0.1, -0.05) is 10.5 Å². The van der Waals surface area contributed by atoms with Crippen molar-refractivity contribution in [3.05, 3.63) is 41.0 Å². The first kappa shape index (κ1) is 14.3. The molecule has 0 aromatic heterocycles. The number of halogens is 3. The van der Waals surface area contributed by atoms with Crippen molar-refractivity contribution in [3.63, 3.8) is 0 Å². The fourth-order valence-electron chi connectivity index (χ4n) is 0.543. The molecule has 0 saturated carbocycles. The zero-order valence-corrected chi connectivity index (χ0v) is 10.4. The van der Waals surface area contributed by atoms with Gasteiger partial charge in [0, 0.05) is 0 Å². The molecular weight excluding hydrogens is 287 g/mol. The van der Waals surface area contributed by atoms with Gasteiger partial charge >= 0.3 is 23.1 Å². The van der Waals surface area contributed by atoms with Crippen LogP contribution in [0.5, 0.6) is 0 Å². The minimum Gasteiger partial charge on any atom is -1.00 e. The third kappa shape index (κ3) is 4.35. The van der Waals surface area contributed by atoms with Crippen LogP contribution >= 0.6 is 15.9 Å². The van der Waals surface area contributed by atoms with Gasteiger partial charge in [-0.25, -0.2) is 4.39 Å². The van der Waals surface area contributed by atoms with Crippen LogP contribution in [-0.2, 0) is 0 Å². The predicted molar refractivity (Wildman–Crippen MR) is 44.3 cm³/mol. The molecule has 56 valence electrons. The molecule has 0 nitrogen and oxygen atoms in total. The second kappa shape index (κ2) is 6.28. The number of hydrogen-bond acceptors (Lipinski definition) is 0. The Hall–Kier alpha value is 0.746. The molecule has 0 fully saturated rings. The van der Waals surface area contributed by atoms with Gasteiger partial charge < -0.3 is 17.0 Å². The number of benzene rings is 1. The Bertz CT molecular complexity index is 228. The van der Waals surface area contributed by atoms with Crippen molar-refractivity contribution < 1.29 is 21.4 Å². The van der Waals surface area contributed by atoms with E-state index in [0.717, 1.165) is 4.47 Å². The Morgan fingerprint density at radius 2 is 1.91 bits per heavy atom. The normalized spacial score (nSPS) is 7.82. The summed E-state index contributed by atoms with van der Waals surface area (Å²) in [5, 5.41) is 0. The molecule has 0 heterocycles. The van der Waals surface area contributed by atoms with Gasteiger partial charge in [0.1, 0.15) is 0 Å². The third-order valence-electron chi connectivity index (χ3n) is 1.01. The van der Waals surface area contributed by atoms with Crippen molar-refractivity contribution in [3.8, 4) is 0 Å². The Kier molecular flexibility index (Phi) is 8.16. The van der Waals surface area contributed by atoms with Crippen LogP contribution in [0.15, 0.2) is 22.7 Å². The molecule has 0 N–H and O–H groups in total. The molecular formula is C7H5Br2FMg. The molecule has 0 aliphatic rings. The van der Waals surface area contributed by atoms with Crippen molar-refractivity contribution in [2.24, 2.45) is 0 Å². The molecule has 1 rings (SSSR count). The predicted octanol–water partition coefficient (Wildman–Crippen LogP) is -0.606.